The van der Waals surface area contributed by atoms with Gasteiger partial charge in [-0.3, -0.25) is 4.79 Å². The summed E-state index contributed by atoms with van der Waals surface area (Å²) in [7, 11) is 0. The van der Waals surface area contributed by atoms with Gasteiger partial charge >= 0.3 is 0 Å². The number of hydrogen-bond donors (Lipinski definition) is 1. The second kappa shape index (κ2) is 5.90. The summed E-state index contributed by atoms with van der Waals surface area (Å²) in [4.78, 5) is 17.8. The number of amides is 1. The number of hydrogen-bond acceptors (Lipinski definition) is 3. The van der Waals surface area contributed by atoms with E-state index in [1.165, 1.54) is 0 Å². The van der Waals surface area contributed by atoms with Gasteiger partial charge in [0, 0.05) is 19.3 Å². The van der Waals surface area contributed by atoms with Gasteiger partial charge in [0.05, 0.1) is 5.69 Å². The van der Waals surface area contributed by atoms with Gasteiger partial charge in [0.1, 0.15) is 0 Å². The summed E-state index contributed by atoms with van der Waals surface area (Å²) in [5.74, 6) is -0.139. The maximum atomic E-state index is 12.1. The minimum absolute atomic E-state index is 0.139. The first-order valence-electron chi connectivity index (χ1n) is 5.31. The molecule has 1 amide bonds. The number of pyridine rings is 1. The highest BCUT2D eigenvalue weighted by atomic mass is 16.2. The lowest BCUT2D eigenvalue weighted by molar-refractivity contribution is 0.0769. The maximum absolute atomic E-state index is 12.1. The van der Waals surface area contributed by atoms with E-state index in [4.69, 9.17) is 5.73 Å². The molecule has 0 bridgehead atoms. The first kappa shape index (κ1) is 12.2. The third-order valence-electron chi connectivity index (χ3n) is 2.17. The Balaban J connectivity index is 2.89. The van der Waals surface area contributed by atoms with Gasteiger partial charge in [-0.2, -0.15) is 0 Å². The Morgan fingerprint density at radius 2 is 2.44 bits per heavy atom. The van der Waals surface area contributed by atoms with E-state index in [9.17, 15) is 4.79 Å². The molecule has 16 heavy (non-hydrogen) atoms. The number of aromatic nitrogens is 1. The maximum Gasteiger partial charge on any atom is 0.274 e. The van der Waals surface area contributed by atoms with Crippen LogP contribution in [0, 0.1) is 0 Å². The summed E-state index contributed by atoms with van der Waals surface area (Å²) < 4.78 is 0. The fourth-order valence-electron chi connectivity index (χ4n) is 1.45. The van der Waals surface area contributed by atoms with Crippen molar-refractivity contribution in [3.05, 3.63) is 36.7 Å². The van der Waals surface area contributed by atoms with E-state index in [-0.39, 0.29) is 5.91 Å². The van der Waals surface area contributed by atoms with Crippen LogP contribution in [0.15, 0.2) is 31.0 Å². The van der Waals surface area contributed by atoms with Crippen molar-refractivity contribution in [1.82, 2.24) is 9.88 Å². The lowest BCUT2D eigenvalue weighted by Gasteiger charge is -2.20. The van der Waals surface area contributed by atoms with E-state index in [1.54, 1.807) is 29.3 Å². The molecular weight excluding hydrogens is 202 g/mol. The van der Waals surface area contributed by atoms with Crippen molar-refractivity contribution in [3.63, 3.8) is 0 Å². The van der Waals surface area contributed by atoms with E-state index in [2.05, 4.69) is 11.6 Å². The van der Waals surface area contributed by atoms with Crippen molar-refractivity contribution in [3.8, 4) is 0 Å². The van der Waals surface area contributed by atoms with Crippen molar-refractivity contribution in [1.29, 1.82) is 0 Å². The molecule has 0 saturated heterocycles. The minimum atomic E-state index is -0.139. The average Bonchev–Trinajstić information content (AvgIpc) is 2.28. The van der Waals surface area contributed by atoms with Crippen molar-refractivity contribution in [2.45, 2.75) is 13.3 Å². The number of nitrogens with two attached hydrogens (primary N) is 1. The number of carbonyl (C=O) groups excluding carboxylic acids is 1. The molecule has 1 aromatic heterocycles. The third-order valence-corrected chi connectivity index (χ3v) is 2.17. The van der Waals surface area contributed by atoms with Crippen LogP contribution in [0.4, 0.5) is 5.69 Å². The van der Waals surface area contributed by atoms with E-state index in [0.29, 0.717) is 24.5 Å². The first-order chi connectivity index (χ1) is 7.70. The SMILES string of the molecule is C=CCN(CCC)C(=O)c1ncccc1N. The van der Waals surface area contributed by atoms with Gasteiger partial charge in [-0.25, -0.2) is 4.98 Å². The van der Waals surface area contributed by atoms with E-state index >= 15 is 0 Å². The largest absolute Gasteiger partial charge is 0.397 e. The zero-order valence-corrected chi connectivity index (χ0v) is 9.52. The zero-order chi connectivity index (χ0) is 12.0. The van der Waals surface area contributed by atoms with Crippen LogP contribution in [0.25, 0.3) is 0 Å². The van der Waals surface area contributed by atoms with Crippen LogP contribution in [0.2, 0.25) is 0 Å². The molecule has 0 radical (unpaired) electrons. The second-order valence-electron chi connectivity index (χ2n) is 3.48. The summed E-state index contributed by atoms with van der Waals surface area (Å²) in [6.07, 6.45) is 4.17. The number of nitrogens with zero attached hydrogens (tertiary/aromatic N) is 2. The van der Waals surface area contributed by atoms with Gasteiger partial charge in [0.2, 0.25) is 0 Å². The molecule has 0 aliphatic heterocycles. The minimum Gasteiger partial charge on any atom is -0.397 e. The van der Waals surface area contributed by atoms with E-state index in [0.717, 1.165) is 6.42 Å². The van der Waals surface area contributed by atoms with Crippen molar-refractivity contribution >= 4 is 11.6 Å². The molecule has 4 heteroatoms. The molecule has 0 aliphatic carbocycles. The van der Waals surface area contributed by atoms with Crippen LogP contribution in [-0.4, -0.2) is 28.9 Å². The topological polar surface area (TPSA) is 59.2 Å². The number of anilines is 1. The fourth-order valence-corrected chi connectivity index (χ4v) is 1.45. The Morgan fingerprint density at radius 1 is 1.69 bits per heavy atom. The highest BCUT2D eigenvalue weighted by molar-refractivity contribution is 5.97. The molecule has 1 aromatic rings. The molecule has 0 aliphatic rings. The normalized spacial score (nSPS) is 9.81. The molecule has 4 nitrogen and oxygen atoms in total. The average molecular weight is 219 g/mol. The molecule has 0 saturated carbocycles. The van der Waals surface area contributed by atoms with Crippen LogP contribution >= 0.6 is 0 Å². The molecule has 0 aromatic carbocycles. The van der Waals surface area contributed by atoms with Gasteiger partial charge in [0.15, 0.2) is 5.69 Å². The molecular formula is C12H17N3O. The van der Waals surface area contributed by atoms with Crippen LogP contribution in [-0.2, 0) is 0 Å². The van der Waals surface area contributed by atoms with E-state index < -0.39 is 0 Å². The summed E-state index contributed by atoms with van der Waals surface area (Å²) in [5, 5.41) is 0. The Hall–Kier alpha value is -1.84. The van der Waals surface area contributed by atoms with Crippen LogP contribution in [0.1, 0.15) is 23.8 Å². The summed E-state index contributed by atoms with van der Waals surface area (Å²) in [5.41, 5.74) is 6.45. The lowest BCUT2D eigenvalue weighted by atomic mass is 10.2. The predicted octanol–water partition coefficient (Wildman–Crippen LogP) is 1.70. The van der Waals surface area contributed by atoms with Gasteiger partial charge in [-0.15, -0.1) is 6.58 Å². The summed E-state index contributed by atoms with van der Waals surface area (Å²) in [6, 6.07) is 3.39. The van der Waals surface area contributed by atoms with Crippen molar-refractivity contribution in [2.24, 2.45) is 0 Å². The molecule has 86 valence electrons. The molecule has 0 atom stereocenters. The summed E-state index contributed by atoms with van der Waals surface area (Å²) in [6.45, 7) is 6.85. The van der Waals surface area contributed by atoms with Crippen LogP contribution in [0.3, 0.4) is 0 Å². The zero-order valence-electron chi connectivity index (χ0n) is 9.52. The Labute approximate surface area is 95.8 Å². The monoisotopic (exact) mass is 219 g/mol. The number of rotatable bonds is 5. The Morgan fingerprint density at radius 3 is 3.00 bits per heavy atom. The Kier molecular flexibility index (Phi) is 4.51. The number of nitrogen functional groups attached to an aromatic ring is 1. The lowest BCUT2D eigenvalue weighted by Crippen LogP contribution is -2.33. The molecule has 1 rings (SSSR count). The van der Waals surface area contributed by atoms with Crippen LogP contribution in [0.5, 0.6) is 0 Å². The highest BCUT2D eigenvalue weighted by Gasteiger charge is 2.17. The quantitative estimate of drug-likeness (QED) is 0.767. The first-order valence-corrected chi connectivity index (χ1v) is 5.31. The number of carbonyl (C=O) groups is 1. The standard InChI is InChI=1S/C12H17N3O/c1-3-8-15(9-4-2)12(16)11-10(13)6-5-7-14-11/h3,5-7H,1,4,8-9,13H2,2H3. The summed E-state index contributed by atoms with van der Waals surface area (Å²) >= 11 is 0. The Bertz CT molecular complexity index is 376. The van der Waals surface area contributed by atoms with Gasteiger partial charge in [-0.05, 0) is 18.6 Å². The highest BCUT2D eigenvalue weighted by Crippen LogP contribution is 2.10. The van der Waals surface area contributed by atoms with Gasteiger partial charge < -0.3 is 10.6 Å². The van der Waals surface area contributed by atoms with Crippen molar-refractivity contribution < 1.29 is 4.79 Å². The van der Waals surface area contributed by atoms with E-state index in [1.807, 2.05) is 6.92 Å². The van der Waals surface area contributed by atoms with Gasteiger partial charge in [0.25, 0.3) is 5.91 Å². The molecule has 0 unspecified atom stereocenters. The molecule has 1 heterocycles. The predicted molar refractivity (Wildman–Crippen MR) is 65.0 cm³/mol. The smallest absolute Gasteiger partial charge is 0.274 e. The van der Waals surface area contributed by atoms with Crippen LogP contribution < -0.4 is 5.73 Å². The molecule has 0 fully saturated rings. The third kappa shape index (κ3) is 2.82. The molecule has 2 N–H and O–H groups in total. The fraction of sp³-hybridized carbons (Fsp3) is 0.333. The van der Waals surface area contributed by atoms with Crippen molar-refractivity contribution in [2.75, 3.05) is 18.8 Å². The second-order valence-corrected chi connectivity index (χ2v) is 3.48. The molecule has 0 spiro atoms. The van der Waals surface area contributed by atoms with Gasteiger partial charge in [-0.1, -0.05) is 13.0 Å².